The molecule has 1 atom stereocenters. The second-order valence-corrected chi connectivity index (χ2v) is 4.18. The average molecular weight is 273 g/mol. The van der Waals surface area contributed by atoms with E-state index in [0.29, 0.717) is 0 Å². The maximum absolute atomic E-state index is 12.1. The lowest BCUT2D eigenvalue weighted by Gasteiger charge is -2.15. The van der Waals surface area contributed by atoms with Gasteiger partial charge in [-0.1, -0.05) is 12.1 Å². The number of halogens is 2. The third kappa shape index (κ3) is 6.50. The molecule has 0 heterocycles. The largest absolute Gasteiger partial charge is 0.435 e. The van der Waals surface area contributed by atoms with E-state index in [1.807, 2.05) is 19.9 Å². The van der Waals surface area contributed by atoms with Crippen molar-refractivity contribution >= 4 is 0 Å². The summed E-state index contributed by atoms with van der Waals surface area (Å²) >= 11 is 0. The Morgan fingerprint density at radius 3 is 2.79 bits per heavy atom. The minimum Gasteiger partial charge on any atom is -0.435 e. The van der Waals surface area contributed by atoms with Crippen LogP contribution in [0.4, 0.5) is 8.78 Å². The molecule has 1 N–H and O–H groups in total. The Kier molecular flexibility index (Phi) is 7.36. The fourth-order valence-corrected chi connectivity index (χ4v) is 1.72. The molecule has 0 saturated carbocycles. The SMILES string of the molecule is CCOCCCNC(C)c1cccc(OC(F)F)c1. The third-order valence-corrected chi connectivity index (χ3v) is 2.70. The molecule has 0 saturated heterocycles. The summed E-state index contributed by atoms with van der Waals surface area (Å²) in [7, 11) is 0. The Balaban J connectivity index is 2.40. The van der Waals surface area contributed by atoms with Crippen molar-refractivity contribution in [3.63, 3.8) is 0 Å². The molecule has 1 aromatic rings. The molecule has 0 aromatic heterocycles. The van der Waals surface area contributed by atoms with Gasteiger partial charge in [-0.25, -0.2) is 0 Å². The molecule has 0 aliphatic rings. The fourth-order valence-electron chi connectivity index (χ4n) is 1.72. The Morgan fingerprint density at radius 2 is 2.11 bits per heavy atom. The zero-order chi connectivity index (χ0) is 14.1. The summed E-state index contributed by atoms with van der Waals surface area (Å²) < 4.78 is 33.9. The van der Waals surface area contributed by atoms with E-state index in [9.17, 15) is 8.78 Å². The minimum absolute atomic E-state index is 0.0860. The van der Waals surface area contributed by atoms with Crippen molar-refractivity contribution in [2.24, 2.45) is 0 Å². The zero-order valence-corrected chi connectivity index (χ0v) is 11.4. The summed E-state index contributed by atoms with van der Waals surface area (Å²) in [6, 6.07) is 6.84. The van der Waals surface area contributed by atoms with Crippen molar-refractivity contribution in [3.05, 3.63) is 29.8 Å². The number of ether oxygens (including phenoxy) is 2. The Morgan fingerprint density at radius 1 is 1.32 bits per heavy atom. The first-order valence-electron chi connectivity index (χ1n) is 6.49. The first kappa shape index (κ1) is 15.9. The van der Waals surface area contributed by atoms with Crippen LogP contribution in [0.5, 0.6) is 5.75 Å². The van der Waals surface area contributed by atoms with Crippen LogP contribution in [0, 0.1) is 0 Å². The standard InChI is InChI=1S/C14H21F2NO2/c1-3-18-9-5-8-17-11(2)12-6-4-7-13(10-12)19-14(15)16/h4,6-7,10-11,14,17H,3,5,8-9H2,1-2H3. The lowest BCUT2D eigenvalue weighted by atomic mass is 10.1. The quantitative estimate of drug-likeness (QED) is 0.700. The molecule has 5 heteroatoms. The van der Waals surface area contributed by atoms with Crippen LogP contribution < -0.4 is 10.1 Å². The number of alkyl halides is 2. The van der Waals surface area contributed by atoms with Crippen molar-refractivity contribution in [1.82, 2.24) is 5.32 Å². The van der Waals surface area contributed by atoms with Gasteiger partial charge < -0.3 is 14.8 Å². The Hall–Kier alpha value is -1.20. The molecule has 0 spiro atoms. The fraction of sp³-hybridized carbons (Fsp3) is 0.571. The molecule has 3 nitrogen and oxygen atoms in total. The molecule has 0 amide bonds. The summed E-state index contributed by atoms with van der Waals surface area (Å²) in [4.78, 5) is 0. The van der Waals surface area contributed by atoms with E-state index in [1.165, 1.54) is 6.07 Å². The molecule has 0 aliphatic carbocycles. The Bertz CT molecular complexity index is 361. The molecule has 108 valence electrons. The molecule has 1 unspecified atom stereocenters. The van der Waals surface area contributed by atoms with Gasteiger partial charge in [0, 0.05) is 19.3 Å². The molecule has 0 radical (unpaired) electrons. The topological polar surface area (TPSA) is 30.5 Å². The number of hydrogen-bond donors (Lipinski definition) is 1. The summed E-state index contributed by atoms with van der Waals surface area (Å²) in [5.74, 6) is 0.190. The highest BCUT2D eigenvalue weighted by atomic mass is 19.3. The summed E-state index contributed by atoms with van der Waals surface area (Å²) in [5.41, 5.74) is 0.926. The molecule has 1 aromatic carbocycles. The third-order valence-electron chi connectivity index (χ3n) is 2.70. The van der Waals surface area contributed by atoms with Gasteiger partial charge in [0.05, 0.1) is 0 Å². The van der Waals surface area contributed by atoms with E-state index in [1.54, 1.807) is 12.1 Å². The predicted octanol–water partition coefficient (Wildman–Crippen LogP) is 3.37. The highest BCUT2D eigenvalue weighted by molar-refractivity contribution is 5.30. The van der Waals surface area contributed by atoms with Crippen molar-refractivity contribution in [2.75, 3.05) is 19.8 Å². The number of hydrogen-bond acceptors (Lipinski definition) is 3. The van der Waals surface area contributed by atoms with Crippen LogP contribution in [0.15, 0.2) is 24.3 Å². The van der Waals surface area contributed by atoms with E-state index < -0.39 is 6.61 Å². The van der Waals surface area contributed by atoms with Crippen molar-refractivity contribution < 1.29 is 18.3 Å². The molecule has 0 aliphatic heterocycles. The van der Waals surface area contributed by atoms with E-state index in [-0.39, 0.29) is 11.8 Å². The summed E-state index contributed by atoms with van der Waals surface area (Å²) in [6.07, 6.45) is 0.922. The van der Waals surface area contributed by atoms with Crippen molar-refractivity contribution in [3.8, 4) is 5.75 Å². The van der Waals surface area contributed by atoms with Gasteiger partial charge in [0.15, 0.2) is 0 Å². The van der Waals surface area contributed by atoms with Gasteiger partial charge in [-0.2, -0.15) is 8.78 Å². The smallest absolute Gasteiger partial charge is 0.387 e. The lowest BCUT2D eigenvalue weighted by molar-refractivity contribution is -0.0499. The number of nitrogens with one attached hydrogen (secondary N) is 1. The van der Waals surface area contributed by atoms with E-state index in [2.05, 4.69) is 10.1 Å². The predicted molar refractivity (Wildman–Crippen MR) is 70.6 cm³/mol. The van der Waals surface area contributed by atoms with Gasteiger partial charge in [0.25, 0.3) is 0 Å². The number of benzene rings is 1. The Labute approximate surface area is 112 Å². The molecule has 0 bridgehead atoms. The molecule has 0 fully saturated rings. The molecular formula is C14H21F2NO2. The molecule has 1 rings (SSSR count). The van der Waals surface area contributed by atoms with Gasteiger partial charge in [-0.3, -0.25) is 0 Å². The highest BCUT2D eigenvalue weighted by Crippen LogP contribution is 2.20. The van der Waals surface area contributed by atoms with Gasteiger partial charge in [0.1, 0.15) is 5.75 Å². The van der Waals surface area contributed by atoms with Gasteiger partial charge in [0.2, 0.25) is 0 Å². The van der Waals surface area contributed by atoms with Crippen molar-refractivity contribution in [2.45, 2.75) is 32.9 Å². The summed E-state index contributed by atoms with van der Waals surface area (Å²) in [5, 5.41) is 3.32. The normalized spacial score (nSPS) is 12.7. The van der Waals surface area contributed by atoms with Crippen LogP contribution >= 0.6 is 0 Å². The van der Waals surface area contributed by atoms with E-state index >= 15 is 0 Å². The van der Waals surface area contributed by atoms with Crippen LogP contribution in [-0.2, 0) is 4.74 Å². The maximum Gasteiger partial charge on any atom is 0.387 e. The van der Waals surface area contributed by atoms with Gasteiger partial charge in [-0.05, 0) is 44.5 Å². The minimum atomic E-state index is -2.79. The molecular weight excluding hydrogens is 252 g/mol. The zero-order valence-electron chi connectivity index (χ0n) is 11.4. The van der Waals surface area contributed by atoms with E-state index in [0.717, 1.165) is 31.7 Å². The lowest BCUT2D eigenvalue weighted by Crippen LogP contribution is -2.21. The van der Waals surface area contributed by atoms with Crippen LogP contribution in [0.1, 0.15) is 31.9 Å². The summed E-state index contributed by atoms with van der Waals surface area (Å²) in [6.45, 7) is 3.44. The van der Waals surface area contributed by atoms with Gasteiger partial charge in [-0.15, -0.1) is 0 Å². The van der Waals surface area contributed by atoms with E-state index in [4.69, 9.17) is 4.74 Å². The first-order chi connectivity index (χ1) is 9.13. The van der Waals surface area contributed by atoms with Crippen LogP contribution in [0.25, 0.3) is 0 Å². The van der Waals surface area contributed by atoms with Gasteiger partial charge >= 0.3 is 6.61 Å². The molecule has 19 heavy (non-hydrogen) atoms. The highest BCUT2D eigenvalue weighted by Gasteiger charge is 2.08. The van der Waals surface area contributed by atoms with Crippen LogP contribution in [-0.4, -0.2) is 26.4 Å². The second kappa shape index (κ2) is 8.82. The maximum atomic E-state index is 12.1. The van der Waals surface area contributed by atoms with Crippen LogP contribution in [0.3, 0.4) is 0 Å². The van der Waals surface area contributed by atoms with Crippen LogP contribution in [0.2, 0.25) is 0 Å². The second-order valence-electron chi connectivity index (χ2n) is 4.18. The average Bonchev–Trinajstić information content (AvgIpc) is 2.38. The number of rotatable bonds is 9. The first-order valence-corrected chi connectivity index (χ1v) is 6.49. The monoisotopic (exact) mass is 273 g/mol. The van der Waals surface area contributed by atoms with Crippen molar-refractivity contribution in [1.29, 1.82) is 0 Å².